The molecule has 0 N–H and O–H groups in total. The van der Waals surface area contributed by atoms with Crippen molar-refractivity contribution in [2.45, 2.75) is 6.04 Å². The van der Waals surface area contributed by atoms with Gasteiger partial charge in [-0.25, -0.2) is 9.40 Å². The molecule has 0 spiro atoms. The van der Waals surface area contributed by atoms with Gasteiger partial charge < -0.3 is 0 Å². The summed E-state index contributed by atoms with van der Waals surface area (Å²) in [6.07, 6.45) is 1.70. The van der Waals surface area contributed by atoms with Crippen molar-refractivity contribution in [1.82, 2.24) is 5.01 Å². The predicted octanol–water partition coefficient (Wildman–Crippen LogP) is 1.91. The molecule has 0 saturated heterocycles. The van der Waals surface area contributed by atoms with E-state index < -0.39 is 0 Å². The van der Waals surface area contributed by atoms with Crippen LogP contribution in [0, 0.1) is 5.82 Å². The Morgan fingerprint density at radius 1 is 1.53 bits per heavy atom. The van der Waals surface area contributed by atoms with E-state index in [9.17, 15) is 4.39 Å². The van der Waals surface area contributed by atoms with Crippen molar-refractivity contribution >= 4 is 29.5 Å². The summed E-state index contributed by atoms with van der Waals surface area (Å²) in [6.45, 7) is 0.581. The molecule has 1 atom stereocenters. The van der Waals surface area contributed by atoms with Gasteiger partial charge in [-0.1, -0.05) is 12.2 Å². The first-order valence-electron chi connectivity index (χ1n) is 5.34. The topological polar surface area (TPSA) is 18.8 Å². The lowest BCUT2D eigenvalue weighted by atomic mass is 10.1. The van der Waals surface area contributed by atoms with E-state index in [0.29, 0.717) is 6.54 Å². The molecule has 1 aromatic carbocycles. The van der Waals surface area contributed by atoms with E-state index in [1.807, 2.05) is 24.1 Å². The fourth-order valence-corrected chi connectivity index (χ4v) is 2.17. The zero-order chi connectivity index (χ0) is 12.4. The van der Waals surface area contributed by atoms with Crippen LogP contribution in [-0.2, 0) is 0 Å². The minimum atomic E-state index is -0.255. The van der Waals surface area contributed by atoms with E-state index >= 15 is 0 Å². The SMILES string of the molecule is CN(C)N1c2ccc(F)cc2C=NCC1C=S. The molecule has 1 unspecified atom stereocenters. The average Bonchev–Trinajstić information content (AvgIpc) is 2.46. The van der Waals surface area contributed by atoms with Crippen molar-refractivity contribution in [3.05, 3.63) is 29.6 Å². The lowest BCUT2D eigenvalue weighted by molar-refractivity contribution is 0.357. The number of hydrogen-bond donors (Lipinski definition) is 0. The summed E-state index contributed by atoms with van der Waals surface area (Å²) in [4.78, 5) is 4.28. The highest BCUT2D eigenvalue weighted by Crippen LogP contribution is 2.25. The Hall–Kier alpha value is -1.33. The van der Waals surface area contributed by atoms with Crippen LogP contribution < -0.4 is 5.01 Å². The maximum atomic E-state index is 13.2. The van der Waals surface area contributed by atoms with Gasteiger partial charge in [-0.15, -0.1) is 0 Å². The summed E-state index contributed by atoms with van der Waals surface area (Å²) in [5.41, 5.74) is 1.70. The molecular weight excluding hydrogens is 237 g/mol. The van der Waals surface area contributed by atoms with Crippen LogP contribution in [0.15, 0.2) is 23.2 Å². The lowest BCUT2D eigenvalue weighted by Crippen LogP contribution is -2.47. The first-order chi connectivity index (χ1) is 8.13. The molecule has 1 heterocycles. The minimum absolute atomic E-state index is 0.0166. The maximum Gasteiger partial charge on any atom is 0.124 e. The Balaban J connectivity index is 2.53. The molecule has 5 heteroatoms. The molecule has 0 bridgehead atoms. The summed E-state index contributed by atoms with van der Waals surface area (Å²) in [5.74, 6) is -0.255. The second kappa shape index (κ2) is 4.89. The number of nitrogens with zero attached hydrogens (tertiary/aromatic N) is 3. The smallest absolute Gasteiger partial charge is 0.124 e. The molecule has 0 fully saturated rings. The van der Waals surface area contributed by atoms with Crippen molar-refractivity contribution in [3.8, 4) is 0 Å². The van der Waals surface area contributed by atoms with E-state index in [0.717, 1.165) is 11.3 Å². The van der Waals surface area contributed by atoms with E-state index in [4.69, 9.17) is 12.2 Å². The summed E-state index contributed by atoms with van der Waals surface area (Å²) in [7, 11) is 3.87. The first-order valence-corrected chi connectivity index (χ1v) is 5.82. The van der Waals surface area contributed by atoms with Crippen LogP contribution in [0.2, 0.25) is 0 Å². The van der Waals surface area contributed by atoms with Gasteiger partial charge in [-0.05, 0) is 18.2 Å². The Bertz CT molecular complexity index is 459. The molecule has 3 nitrogen and oxygen atoms in total. The third-order valence-electron chi connectivity index (χ3n) is 2.66. The normalized spacial score (nSPS) is 19.1. The number of benzene rings is 1. The molecule has 0 saturated carbocycles. The van der Waals surface area contributed by atoms with Gasteiger partial charge in [0.15, 0.2) is 0 Å². The largest absolute Gasteiger partial charge is 0.296 e. The third kappa shape index (κ3) is 2.35. The average molecular weight is 251 g/mol. The van der Waals surface area contributed by atoms with Crippen molar-refractivity contribution in [3.63, 3.8) is 0 Å². The van der Waals surface area contributed by atoms with E-state index in [2.05, 4.69) is 4.99 Å². The van der Waals surface area contributed by atoms with Crippen LogP contribution in [0.1, 0.15) is 5.56 Å². The van der Waals surface area contributed by atoms with E-state index in [1.54, 1.807) is 17.6 Å². The number of fused-ring (bicyclic) bond motifs is 1. The standard InChI is InChI=1S/C12H14FN3S/c1-15(2)16-11(8-17)7-14-6-9-5-10(13)3-4-12(9)16/h3-6,8,11H,7H2,1-2H3. The molecule has 1 aliphatic heterocycles. The van der Waals surface area contributed by atoms with Crippen molar-refractivity contribution in [2.24, 2.45) is 4.99 Å². The van der Waals surface area contributed by atoms with Gasteiger partial charge >= 0.3 is 0 Å². The van der Waals surface area contributed by atoms with E-state index in [-0.39, 0.29) is 11.9 Å². The van der Waals surface area contributed by atoms with Gasteiger partial charge in [0.05, 0.1) is 18.3 Å². The number of thiocarbonyl (C=S) groups is 1. The van der Waals surface area contributed by atoms with Gasteiger partial charge in [0.25, 0.3) is 0 Å². The Kier molecular flexibility index (Phi) is 3.49. The third-order valence-corrected chi connectivity index (χ3v) is 2.98. The Morgan fingerprint density at radius 2 is 2.29 bits per heavy atom. The zero-order valence-corrected chi connectivity index (χ0v) is 10.6. The molecule has 1 aromatic rings. The fourth-order valence-electron chi connectivity index (χ4n) is 1.97. The molecule has 0 amide bonds. The number of benzodiazepines with no additional fused rings is 1. The molecule has 90 valence electrons. The van der Waals surface area contributed by atoms with Crippen LogP contribution in [0.25, 0.3) is 0 Å². The second-order valence-electron chi connectivity index (χ2n) is 4.09. The van der Waals surface area contributed by atoms with Gasteiger partial charge in [-0.3, -0.25) is 10.0 Å². The van der Waals surface area contributed by atoms with Gasteiger partial charge in [0, 0.05) is 31.2 Å². The minimum Gasteiger partial charge on any atom is -0.296 e. The highest BCUT2D eigenvalue weighted by Gasteiger charge is 2.23. The quantitative estimate of drug-likeness (QED) is 0.748. The maximum absolute atomic E-state index is 13.2. The van der Waals surface area contributed by atoms with Crippen LogP contribution in [-0.4, -0.2) is 43.3 Å². The summed E-state index contributed by atoms with van der Waals surface area (Å²) < 4.78 is 13.2. The number of aliphatic imine (C=N–C) groups is 1. The van der Waals surface area contributed by atoms with Crippen LogP contribution >= 0.6 is 12.2 Å². The predicted molar refractivity (Wildman–Crippen MR) is 72.5 cm³/mol. The number of hydrazine groups is 1. The highest BCUT2D eigenvalue weighted by molar-refractivity contribution is 7.79. The molecule has 2 rings (SSSR count). The Morgan fingerprint density at radius 3 is 2.94 bits per heavy atom. The number of hydrogen-bond acceptors (Lipinski definition) is 4. The second-order valence-corrected chi connectivity index (χ2v) is 4.36. The van der Waals surface area contributed by atoms with Crippen molar-refractivity contribution in [2.75, 3.05) is 25.6 Å². The first kappa shape index (κ1) is 12.1. The summed E-state index contributed by atoms with van der Waals surface area (Å²) in [5, 5.41) is 5.66. The summed E-state index contributed by atoms with van der Waals surface area (Å²) >= 11 is 5.04. The molecule has 0 radical (unpaired) electrons. The fraction of sp³-hybridized carbons (Fsp3) is 0.333. The van der Waals surface area contributed by atoms with Crippen LogP contribution in [0.5, 0.6) is 0 Å². The van der Waals surface area contributed by atoms with Gasteiger partial charge in [0.2, 0.25) is 0 Å². The van der Waals surface area contributed by atoms with Crippen molar-refractivity contribution < 1.29 is 4.39 Å². The monoisotopic (exact) mass is 251 g/mol. The van der Waals surface area contributed by atoms with Crippen molar-refractivity contribution in [1.29, 1.82) is 0 Å². The molecule has 1 aliphatic rings. The zero-order valence-electron chi connectivity index (χ0n) is 9.80. The number of anilines is 1. The van der Waals surface area contributed by atoms with Gasteiger partial charge in [-0.2, -0.15) is 0 Å². The molecular formula is C12H14FN3S. The highest BCUT2D eigenvalue weighted by atomic mass is 32.1. The van der Waals surface area contributed by atoms with Crippen LogP contribution in [0.3, 0.4) is 0 Å². The lowest BCUT2D eigenvalue weighted by Gasteiger charge is -2.35. The Labute approximate surface area is 106 Å². The van der Waals surface area contributed by atoms with Crippen LogP contribution in [0.4, 0.5) is 10.1 Å². The van der Waals surface area contributed by atoms with Gasteiger partial charge in [0.1, 0.15) is 5.82 Å². The summed E-state index contributed by atoms with van der Waals surface area (Å²) in [6, 6.07) is 4.71. The molecule has 0 aromatic heterocycles. The number of halogens is 1. The molecule has 0 aliphatic carbocycles. The molecule has 17 heavy (non-hydrogen) atoms. The number of rotatable bonds is 2. The van der Waals surface area contributed by atoms with E-state index in [1.165, 1.54) is 12.1 Å².